The summed E-state index contributed by atoms with van der Waals surface area (Å²) in [5, 5.41) is 16.1. The second-order valence-electron chi connectivity index (χ2n) is 15.1. The summed E-state index contributed by atoms with van der Waals surface area (Å²) in [5.74, 6) is -3.39. The number of halogens is 3. The number of aromatic nitrogens is 3. The van der Waals surface area contributed by atoms with Crippen molar-refractivity contribution in [2.24, 2.45) is 0 Å². The molecule has 2 fully saturated rings. The third kappa shape index (κ3) is 8.84. The average molecular weight is 831 g/mol. The molecule has 2 aromatic heterocycles. The first-order valence-electron chi connectivity index (χ1n) is 19.7. The molecular weight excluding hydrogens is 786 g/mol. The van der Waals surface area contributed by atoms with Gasteiger partial charge in [-0.3, -0.25) is 19.2 Å². The number of anilines is 6. The maximum atomic E-state index is 15.6. The molecule has 5 aromatic rings. The van der Waals surface area contributed by atoms with Crippen LogP contribution in [0.15, 0.2) is 60.8 Å². The number of aromatic amines is 1. The Morgan fingerprint density at radius 2 is 1.66 bits per heavy atom. The van der Waals surface area contributed by atoms with Gasteiger partial charge in [-0.15, -0.1) is 0 Å². The number of carbonyl (C=O) groups is 2. The monoisotopic (exact) mass is 830 g/mol. The highest BCUT2D eigenvalue weighted by atomic mass is 32.2. The lowest BCUT2D eigenvalue weighted by molar-refractivity contribution is -0.134. The standard InChI is InChI=1S/C41H45F3N10O4S/c1-59(57,58)54-20-11-25-3-2-4-33(37(25)54)49-39-29-10-15-47-38(29)51-41(52-39)48-27-5-7-34(30(42)23-27)53-18-12-26(13-19-53)46-17-16-45-14-9-24-21-31(43)36(32(44)22-24)28-6-8-35(55)50-40(28)56/h2-5,7,10,15,21-23,26,28,45-46H,6,8-9,11-14,16-20H2,1H3,(H,50,55,56)(H3,47,48,49,51,52). The van der Waals surface area contributed by atoms with E-state index in [1.807, 2.05) is 29.2 Å². The summed E-state index contributed by atoms with van der Waals surface area (Å²) in [6.45, 7) is 3.55. The molecular formula is C41H45F3N10O4S. The van der Waals surface area contributed by atoms with Crippen molar-refractivity contribution in [1.29, 1.82) is 0 Å². The van der Waals surface area contributed by atoms with Crippen LogP contribution in [0.1, 0.15) is 48.3 Å². The summed E-state index contributed by atoms with van der Waals surface area (Å²) < 4.78 is 71.8. The van der Waals surface area contributed by atoms with E-state index in [-0.39, 0.29) is 36.2 Å². The molecule has 2 saturated heterocycles. The zero-order chi connectivity index (χ0) is 41.3. The van der Waals surface area contributed by atoms with Crippen molar-refractivity contribution < 1.29 is 31.2 Å². The SMILES string of the molecule is CS(=O)(=O)N1CCc2cccc(Nc3nc(Nc4ccc(N5CCC(NCCNCCc6cc(F)c(C7CCC(=O)NC7=O)c(F)c6)CC5)c(F)c4)nc4[nH]ccc34)c21. The van der Waals surface area contributed by atoms with Crippen LogP contribution in [0.5, 0.6) is 0 Å². The smallest absolute Gasteiger partial charge is 0.234 e. The summed E-state index contributed by atoms with van der Waals surface area (Å²) in [4.78, 5) is 38.0. The van der Waals surface area contributed by atoms with Crippen LogP contribution in [0.4, 0.5) is 47.7 Å². The van der Waals surface area contributed by atoms with Crippen LogP contribution in [0, 0.1) is 17.5 Å². The topological polar surface area (TPSA) is 176 Å². The Hall–Kier alpha value is -5.72. The second kappa shape index (κ2) is 16.9. The van der Waals surface area contributed by atoms with Gasteiger partial charge in [0.2, 0.25) is 27.8 Å². The molecule has 5 heterocycles. The van der Waals surface area contributed by atoms with E-state index in [2.05, 4.69) is 36.6 Å². The van der Waals surface area contributed by atoms with Crippen LogP contribution < -0.4 is 35.8 Å². The molecule has 310 valence electrons. The number of nitrogens with zero attached hydrogens (tertiary/aromatic N) is 4. The maximum Gasteiger partial charge on any atom is 0.234 e. The fraction of sp³-hybridized carbons (Fsp3) is 0.366. The molecule has 18 heteroatoms. The number of piperidine rings is 2. The molecule has 3 aliphatic rings. The third-order valence-corrected chi connectivity index (χ3v) is 12.3. The molecule has 0 bridgehead atoms. The van der Waals surface area contributed by atoms with Gasteiger partial charge in [0.1, 0.15) is 28.9 Å². The Labute approximate surface area is 339 Å². The molecule has 3 aromatic carbocycles. The van der Waals surface area contributed by atoms with Gasteiger partial charge >= 0.3 is 0 Å². The van der Waals surface area contributed by atoms with Gasteiger partial charge < -0.3 is 31.2 Å². The van der Waals surface area contributed by atoms with Crippen LogP contribution in [0.25, 0.3) is 11.0 Å². The van der Waals surface area contributed by atoms with E-state index in [0.29, 0.717) is 97.3 Å². The molecule has 0 spiro atoms. The predicted octanol–water partition coefficient (Wildman–Crippen LogP) is 5.10. The van der Waals surface area contributed by atoms with Gasteiger partial charge in [0.15, 0.2) is 0 Å². The van der Waals surface area contributed by atoms with Crippen LogP contribution in [-0.4, -0.2) is 86.8 Å². The number of fused-ring (bicyclic) bond motifs is 2. The van der Waals surface area contributed by atoms with Gasteiger partial charge in [-0.1, -0.05) is 12.1 Å². The zero-order valence-corrected chi connectivity index (χ0v) is 33.2. The van der Waals surface area contributed by atoms with Crippen molar-refractivity contribution in [3.8, 4) is 0 Å². The third-order valence-electron chi connectivity index (χ3n) is 11.1. The molecule has 0 aliphatic carbocycles. The molecule has 8 rings (SSSR count). The first-order valence-corrected chi connectivity index (χ1v) is 21.5. The Kier molecular flexibility index (Phi) is 11.5. The number of benzene rings is 3. The number of amides is 2. The number of nitrogens with one attached hydrogen (secondary N) is 6. The minimum Gasteiger partial charge on any atom is -0.369 e. The van der Waals surface area contributed by atoms with Gasteiger partial charge in [0, 0.05) is 62.6 Å². The summed E-state index contributed by atoms with van der Waals surface area (Å²) in [6.07, 6.45) is 5.71. The van der Waals surface area contributed by atoms with E-state index < -0.39 is 39.4 Å². The number of rotatable bonds is 14. The van der Waals surface area contributed by atoms with Crippen LogP contribution >= 0.6 is 0 Å². The van der Waals surface area contributed by atoms with E-state index in [4.69, 9.17) is 4.98 Å². The van der Waals surface area contributed by atoms with E-state index in [9.17, 15) is 26.8 Å². The van der Waals surface area contributed by atoms with Gasteiger partial charge in [0.25, 0.3) is 0 Å². The number of imide groups is 1. The van der Waals surface area contributed by atoms with Crippen molar-refractivity contribution in [3.63, 3.8) is 0 Å². The van der Waals surface area contributed by atoms with Crippen LogP contribution in [-0.2, 0) is 32.5 Å². The highest BCUT2D eigenvalue weighted by Crippen LogP contribution is 2.39. The Balaban J connectivity index is 0.809. The molecule has 3 aliphatic heterocycles. The Bertz CT molecular complexity index is 2490. The fourth-order valence-electron chi connectivity index (χ4n) is 8.17. The van der Waals surface area contributed by atoms with Crippen molar-refractivity contribution in [1.82, 2.24) is 30.9 Å². The van der Waals surface area contributed by atoms with E-state index in [0.717, 1.165) is 18.4 Å². The van der Waals surface area contributed by atoms with Gasteiger partial charge in [0.05, 0.1) is 34.6 Å². The van der Waals surface area contributed by atoms with Crippen molar-refractivity contribution in [2.75, 3.05) is 65.4 Å². The molecule has 14 nitrogen and oxygen atoms in total. The predicted molar refractivity (Wildman–Crippen MR) is 220 cm³/mol. The fourth-order valence-corrected chi connectivity index (χ4v) is 9.14. The van der Waals surface area contributed by atoms with E-state index in [1.165, 1.54) is 28.8 Å². The Morgan fingerprint density at radius 1 is 0.864 bits per heavy atom. The molecule has 0 radical (unpaired) electrons. The zero-order valence-electron chi connectivity index (χ0n) is 32.4. The molecule has 1 unspecified atom stereocenters. The lowest BCUT2D eigenvalue weighted by Gasteiger charge is -2.34. The summed E-state index contributed by atoms with van der Waals surface area (Å²) in [5.41, 5.74) is 3.83. The van der Waals surface area contributed by atoms with Crippen molar-refractivity contribution >= 4 is 67.4 Å². The summed E-state index contributed by atoms with van der Waals surface area (Å²) >= 11 is 0. The number of H-pyrrole nitrogens is 1. The minimum atomic E-state index is -3.48. The van der Waals surface area contributed by atoms with E-state index in [1.54, 1.807) is 18.3 Å². The number of sulfonamides is 1. The molecule has 59 heavy (non-hydrogen) atoms. The second-order valence-corrected chi connectivity index (χ2v) is 17.0. The number of para-hydroxylation sites is 1. The van der Waals surface area contributed by atoms with Gasteiger partial charge in [-0.2, -0.15) is 9.97 Å². The number of carbonyl (C=O) groups excluding carboxylic acids is 2. The largest absolute Gasteiger partial charge is 0.369 e. The highest BCUT2D eigenvalue weighted by molar-refractivity contribution is 7.92. The molecule has 6 N–H and O–H groups in total. The van der Waals surface area contributed by atoms with E-state index >= 15 is 4.39 Å². The first kappa shape index (κ1) is 40.1. The van der Waals surface area contributed by atoms with Crippen molar-refractivity contribution in [2.45, 2.75) is 50.5 Å². The lowest BCUT2D eigenvalue weighted by atomic mass is 9.89. The van der Waals surface area contributed by atoms with Crippen molar-refractivity contribution in [3.05, 3.63) is 94.9 Å². The lowest BCUT2D eigenvalue weighted by Crippen LogP contribution is -2.44. The molecule has 1 atom stereocenters. The van der Waals surface area contributed by atoms with Gasteiger partial charge in [-0.05, 0) is 92.2 Å². The summed E-state index contributed by atoms with van der Waals surface area (Å²) in [7, 11) is -3.48. The van der Waals surface area contributed by atoms with Gasteiger partial charge in [-0.25, -0.2) is 21.6 Å². The number of hydrogen-bond donors (Lipinski definition) is 6. The normalized spacial score (nSPS) is 17.4. The molecule has 0 saturated carbocycles. The Morgan fingerprint density at radius 3 is 2.41 bits per heavy atom. The van der Waals surface area contributed by atoms with Crippen LogP contribution in [0.3, 0.4) is 0 Å². The maximum absolute atomic E-state index is 15.6. The first-order chi connectivity index (χ1) is 28.4. The molecule has 2 amide bonds. The van der Waals surface area contributed by atoms with Crippen LogP contribution in [0.2, 0.25) is 0 Å². The summed E-state index contributed by atoms with van der Waals surface area (Å²) in [6, 6.07) is 15.2. The highest BCUT2D eigenvalue weighted by Gasteiger charge is 2.33. The quantitative estimate of drug-likeness (QED) is 0.0649. The minimum absolute atomic E-state index is 0.0428. The number of hydrogen-bond acceptors (Lipinski definition) is 11. The average Bonchev–Trinajstić information content (AvgIpc) is 3.86.